The standard InChI is InChI=1S/C5H6IO3S/c1-4-2-3-6-5(4)10(7,8)9/h2-3H,1H3,(H,7,8,9)/q-1. The summed E-state index contributed by atoms with van der Waals surface area (Å²) in [6, 6.07) is 0. The molecule has 0 spiro atoms. The zero-order chi connectivity index (χ0) is 7.78. The van der Waals surface area contributed by atoms with Crippen LogP contribution in [0, 0.1) is 0 Å². The molecule has 1 rings (SSSR count). The van der Waals surface area contributed by atoms with Gasteiger partial charge in [-0.15, -0.1) is 0 Å². The van der Waals surface area contributed by atoms with E-state index in [0.29, 0.717) is 5.57 Å². The van der Waals surface area contributed by atoms with Crippen molar-refractivity contribution in [2.45, 2.75) is 6.92 Å². The molecule has 10 heavy (non-hydrogen) atoms. The van der Waals surface area contributed by atoms with Gasteiger partial charge in [0.25, 0.3) is 0 Å². The van der Waals surface area contributed by atoms with Gasteiger partial charge < -0.3 is 0 Å². The minimum atomic E-state index is -3.89. The number of hydrogen-bond donors (Lipinski definition) is 1. The van der Waals surface area contributed by atoms with Crippen LogP contribution in [-0.4, -0.2) is 13.0 Å². The van der Waals surface area contributed by atoms with Crippen molar-refractivity contribution < 1.29 is 34.2 Å². The van der Waals surface area contributed by atoms with E-state index in [0.717, 1.165) is 0 Å². The van der Waals surface area contributed by atoms with Gasteiger partial charge in [0.2, 0.25) is 0 Å². The summed E-state index contributed by atoms with van der Waals surface area (Å²) < 4.78 is 31.7. The van der Waals surface area contributed by atoms with E-state index in [1.165, 1.54) is 0 Å². The molecule has 0 amide bonds. The molecule has 0 bridgehead atoms. The van der Waals surface area contributed by atoms with Gasteiger partial charge in [0.15, 0.2) is 0 Å². The number of hydrogen-bond acceptors (Lipinski definition) is 2. The summed E-state index contributed by atoms with van der Waals surface area (Å²) in [7, 11) is -3.89. The quantitative estimate of drug-likeness (QED) is 0.433. The van der Waals surface area contributed by atoms with Crippen molar-refractivity contribution in [2.24, 2.45) is 0 Å². The van der Waals surface area contributed by atoms with Gasteiger partial charge in [-0.2, -0.15) is 0 Å². The molecular formula is C5H6IO3S-. The fraction of sp³-hybridized carbons (Fsp3) is 0.200. The van der Waals surface area contributed by atoms with Gasteiger partial charge in [0.1, 0.15) is 0 Å². The third kappa shape index (κ3) is 1.58. The van der Waals surface area contributed by atoms with Crippen molar-refractivity contribution in [1.82, 2.24) is 0 Å². The van der Waals surface area contributed by atoms with Crippen LogP contribution in [0.15, 0.2) is 18.6 Å². The van der Waals surface area contributed by atoms with Gasteiger partial charge in [-0.3, -0.25) is 0 Å². The molecule has 0 aromatic rings. The second kappa shape index (κ2) is 2.63. The Labute approximate surface area is 69.8 Å². The molecule has 0 atom stereocenters. The van der Waals surface area contributed by atoms with E-state index < -0.39 is 31.3 Å². The van der Waals surface area contributed by atoms with Crippen molar-refractivity contribution in [3.05, 3.63) is 18.6 Å². The Balaban J connectivity index is 3.10. The molecule has 5 heteroatoms. The van der Waals surface area contributed by atoms with Crippen LogP contribution in [0.3, 0.4) is 0 Å². The van der Waals surface area contributed by atoms with E-state index in [4.69, 9.17) is 4.55 Å². The summed E-state index contributed by atoms with van der Waals surface area (Å²) in [5.41, 5.74) is 0.676. The predicted molar refractivity (Wildman–Crippen MR) is 33.4 cm³/mol. The maximum atomic E-state index is 10.5. The predicted octanol–water partition coefficient (Wildman–Crippen LogP) is -2.28. The first-order chi connectivity index (χ1) is 4.52. The van der Waals surface area contributed by atoms with Crippen LogP contribution in [0.4, 0.5) is 0 Å². The van der Waals surface area contributed by atoms with Crippen LogP contribution in [-0.2, 0) is 10.1 Å². The Hall–Kier alpha value is 0.120. The summed E-state index contributed by atoms with van der Waals surface area (Å²) >= 11 is -0.593. The summed E-state index contributed by atoms with van der Waals surface area (Å²) in [6.45, 7) is 1.69. The van der Waals surface area contributed by atoms with E-state index in [1.54, 1.807) is 13.0 Å². The van der Waals surface area contributed by atoms with Crippen LogP contribution in [0.25, 0.3) is 0 Å². The summed E-state index contributed by atoms with van der Waals surface area (Å²) in [5.74, 6) is 0. The van der Waals surface area contributed by atoms with Crippen LogP contribution in [0.5, 0.6) is 0 Å². The number of halogens is 1. The zero-order valence-electron chi connectivity index (χ0n) is 5.20. The number of allylic oxidation sites excluding steroid dienone is 2. The first kappa shape index (κ1) is 8.22. The molecule has 3 nitrogen and oxygen atoms in total. The minimum absolute atomic E-state index is 0.228. The van der Waals surface area contributed by atoms with Gasteiger partial charge in [0, 0.05) is 0 Å². The Morgan fingerprint density at radius 2 is 2.20 bits per heavy atom. The first-order valence-corrected chi connectivity index (χ1v) is 6.26. The summed E-state index contributed by atoms with van der Waals surface area (Å²) in [5, 5.41) is 0. The topological polar surface area (TPSA) is 54.4 Å². The number of rotatable bonds is 1. The molecule has 0 fully saturated rings. The Kier molecular flexibility index (Phi) is 2.16. The van der Waals surface area contributed by atoms with Crippen LogP contribution >= 0.6 is 0 Å². The first-order valence-electron chi connectivity index (χ1n) is 2.50. The fourth-order valence-electron chi connectivity index (χ4n) is 0.595. The van der Waals surface area contributed by atoms with Gasteiger partial charge in [-0.1, -0.05) is 0 Å². The van der Waals surface area contributed by atoms with Crippen LogP contribution in [0.2, 0.25) is 0 Å². The third-order valence-electron chi connectivity index (χ3n) is 1.01. The van der Waals surface area contributed by atoms with Gasteiger partial charge in [0.05, 0.1) is 0 Å². The third-order valence-corrected chi connectivity index (χ3v) is 6.19. The van der Waals surface area contributed by atoms with Gasteiger partial charge in [-0.25, -0.2) is 0 Å². The molecule has 1 heterocycles. The van der Waals surface area contributed by atoms with Gasteiger partial charge in [-0.05, 0) is 0 Å². The second-order valence-corrected chi connectivity index (χ2v) is 6.34. The monoisotopic (exact) mass is 273 g/mol. The molecule has 0 radical (unpaired) electrons. The van der Waals surface area contributed by atoms with Crippen molar-refractivity contribution in [3.8, 4) is 0 Å². The normalized spacial score (nSPS) is 19.4. The molecular weight excluding hydrogens is 267 g/mol. The average molecular weight is 273 g/mol. The summed E-state index contributed by atoms with van der Waals surface area (Å²) in [6.07, 6.45) is 1.73. The molecule has 0 saturated heterocycles. The second-order valence-electron chi connectivity index (χ2n) is 1.83. The van der Waals surface area contributed by atoms with Crippen molar-refractivity contribution in [1.29, 1.82) is 0 Å². The molecule has 0 aromatic carbocycles. The molecule has 0 aliphatic carbocycles. The zero-order valence-corrected chi connectivity index (χ0v) is 8.18. The molecule has 0 saturated carbocycles. The average Bonchev–Trinajstić information content (AvgIpc) is 2.11. The molecule has 1 aliphatic heterocycles. The Morgan fingerprint density at radius 3 is 2.40 bits per heavy atom. The van der Waals surface area contributed by atoms with Crippen LogP contribution < -0.4 is 21.2 Å². The molecule has 1 N–H and O–H groups in total. The van der Waals surface area contributed by atoms with E-state index in [9.17, 15) is 8.42 Å². The SMILES string of the molecule is CC1=C(S(=O)(=O)O)[I-]C=C1. The van der Waals surface area contributed by atoms with E-state index in [-0.39, 0.29) is 2.91 Å². The maximum absolute atomic E-state index is 10.5. The molecule has 0 unspecified atom stereocenters. The van der Waals surface area contributed by atoms with Crippen molar-refractivity contribution in [2.75, 3.05) is 0 Å². The van der Waals surface area contributed by atoms with Crippen LogP contribution in [0.1, 0.15) is 6.92 Å². The fourth-order valence-corrected chi connectivity index (χ4v) is 4.21. The Morgan fingerprint density at radius 1 is 1.60 bits per heavy atom. The molecule has 0 aromatic heterocycles. The van der Waals surface area contributed by atoms with E-state index >= 15 is 0 Å². The van der Waals surface area contributed by atoms with E-state index in [1.807, 2.05) is 4.08 Å². The summed E-state index contributed by atoms with van der Waals surface area (Å²) in [4.78, 5) is 0. The van der Waals surface area contributed by atoms with Crippen molar-refractivity contribution >= 4 is 10.1 Å². The molecule has 58 valence electrons. The van der Waals surface area contributed by atoms with E-state index in [2.05, 4.69) is 0 Å². The Bertz CT molecular complexity index is 299. The van der Waals surface area contributed by atoms with Gasteiger partial charge >= 0.3 is 69.9 Å². The molecule has 1 aliphatic rings. The van der Waals surface area contributed by atoms with Crippen molar-refractivity contribution in [3.63, 3.8) is 0 Å².